The van der Waals surface area contributed by atoms with Crippen LogP contribution in [0.25, 0.3) is 0 Å². The molecule has 0 saturated carbocycles. The number of hydrogen-bond donors (Lipinski definition) is 1. The Labute approximate surface area is 162 Å². The average molecular weight is 389 g/mol. The summed E-state index contributed by atoms with van der Waals surface area (Å²) < 4.78 is 25.5. The van der Waals surface area contributed by atoms with E-state index in [2.05, 4.69) is 12.2 Å². The van der Waals surface area contributed by atoms with E-state index in [1.54, 1.807) is 12.1 Å². The fraction of sp³-hybridized carbons (Fsp3) is 0.381. The summed E-state index contributed by atoms with van der Waals surface area (Å²) in [6.07, 6.45) is 2.94. The number of hydrogen-bond acceptors (Lipinski definition) is 3. The van der Waals surface area contributed by atoms with Crippen LogP contribution in [0.15, 0.2) is 48.5 Å². The van der Waals surface area contributed by atoms with Crippen LogP contribution in [0, 0.1) is 0 Å². The lowest BCUT2D eigenvalue weighted by Crippen LogP contribution is -2.41. The SMILES string of the molecule is CCc1ccc([C@H](C)NC(=O)CN(c2ccc(CC)cc2)S(C)(=O)=O)cc1. The molecule has 0 aliphatic heterocycles. The topological polar surface area (TPSA) is 66.5 Å². The number of anilines is 1. The van der Waals surface area contributed by atoms with E-state index in [0.29, 0.717) is 5.69 Å². The monoisotopic (exact) mass is 388 g/mol. The number of sulfonamides is 1. The van der Waals surface area contributed by atoms with Crippen LogP contribution in [0.5, 0.6) is 0 Å². The summed E-state index contributed by atoms with van der Waals surface area (Å²) in [5, 5.41) is 2.88. The molecule has 0 bridgehead atoms. The van der Waals surface area contributed by atoms with Crippen LogP contribution in [0.1, 0.15) is 43.5 Å². The molecule has 0 heterocycles. The third kappa shape index (κ3) is 5.82. The first-order valence-electron chi connectivity index (χ1n) is 9.19. The van der Waals surface area contributed by atoms with Crippen LogP contribution < -0.4 is 9.62 Å². The Kier molecular flexibility index (Phi) is 7.02. The number of nitrogens with one attached hydrogen (secondary N) is 1. The Morgan fingerprint density at radius 3 is 1.89 bits per heavy atom. The van der Waals surface area contributed by atoms with E-state index in [9.17, 15) is 13.2 Å². The van der Waals surface area contributed by atoms with Gasteiger partial charge in [0.15, 0.2) is 0 Å². The molecule has 5 nitrogen and oxygen atoms in total. The highest BCUT2D eigenvalue weighted by Crippen LogP contribution is 2.19. The van der Waals surface area contributed by atoms with Crippen molar-refractivity contribution >= 4 is 21.6 Å². The van der Waals surface area contributed by atoms with Crippen LogP contribution >= 0.6 is 0 Å². The second-order valence-electron chi connectivity index (χ2n) is 6.67. The zero-order chi connectivity index (χ0) is 20.0. The molecular weight excluding hydrogens is 360 g/mol. The molecule has 2 rings (SSSR count). The van der Waals surface area contributed by atoms with Gasteiger partial charge in [-0.2, -0.15) is 0 Å². The predicted molar refractivity (Wildman–Crippen MR) is 110 cm³/mol. The smallest absolute Gasteiger partial charge is 0.241 e. The molecule has 1 amide bonds. The maximum absolute atomic E-state index is 12.5. The van der Waals surface area contributed by atoms with Crippen LogP contribution in [-0.2, 0) is 27.7 Å². The van der Waals surface area contributed by atoms with Crippen molar-refractivity contribution in [1.29, 1.82) is 0 Å². The molecule has 0 unspecified atom stereocenters. The molecule has 27 heavy (non-hydrogen) atoms. The number of rotatable bonds is 8. The largest absolute Gasteiger partial charge is 0.348 e. The molecule has 2 aromatic carbocycles. The van der Waals surface area contributed by atoms with Gasteiger partial charge in [-0.15, -0.1) is 0 Å². The molecule has 0 spiro atoms. The van der Waals surface area contributed by atoms with Crippen LogP contribution in [-0.4, -0.2) is 27.1 Å². The Morgan fingerprint density at radius 2 is 1.44 bits per heavy atom. The summed E-state index contributed by atoms with van der Waals surface area (Å²) in [7, 11) is -3.57. The first-order valence-corrected chi connectivity index (χ1v) is 11.0. The summed E-state index contributed by atoms with van der Waals surface area (Å²) >= 11 is 0. The second-order valence-corrected chi connectivity index (χ2v) is 8.58. The van der Waals surface area contributed by atoms with Gasteiger partial charge < -0.3 is 5.32 Å². The minimum absolute atomic E-state index is 0.202. The molecule has 0 saturated heterocycles. The molecule has 1 atom stereocenters. The van der Waals surface area contributed by atoms with E-state index in [0.717, 1.165) is 34.5 Å². The number of nitrogens with zero attached hydrogens (tertiary/aromatic N) is 1. The van der Waals surface area contributed by atoms with Crippen molar-refractivity contribution in [2.45, 2.75) is 39.7 Å². The second kappa shape index (κ2) is 9.04. The molecule has 0 aliphatic rings. The van der Waals surface area contributed by atoms with Gasteiger partial charge >= 0.3 is 0 Å². The van der Waals surface area contributed by atoms with E-state index in [-0.39, 0.29) is 18.5 Å². The van der Waals surface area contributed by atoms with Gasteiger partial charge in [-0.1, -0.05) is 50.2 Å². The number of benzene rings is 2. The number of carbonyl (C=O) groups is 1. The quantitative estimate of drug-likeness (QED) is 0.753. The molecule has 2 aromatic rings. The highest BCUT2D eigenvalue weighted by Gasteiger charge is 2.21. The lowest BCUT2D eigenvalue weighted by Gasteiger charge is -2.23. The summed E-state index contributed by atoms with van der Waals surface area (Å²) in [5.74, 6) is -0.341. The maximum Gasteiger partial charge on any atom is 0.241 e. The van der Waals surface area contributed by atoms with Gasteiger partial charge in [0.05, 0.1) is 18.0 Å². The maximum atomic E-state index is 12.5. The summed E-state index contributed by atoms with van der Waals surface area (Å²) in [6.45, 7) is 5.76. The fourth-order valence-corrected chi connectivity index (χ4v) is 3.70. The number of carbonyl (C=O) groups excluding carboxylic acids is 1. The number of aryl methyl sites for hydroxylation is 2. The van der Waals surface area contributed by atoms with E-state index in [1.807, 2.05) is 50.2 Å². The van der Waals surface area contributed by atoms with Crippen molar-refractivity contribution < 1.29 is 13.2 Å². The highest BCUT2D eigenvalue weighted by molar-refractivity contribution is 7.92. The Morgan fingerprint density at radius 1 is 0.963 bits per heavy atom. The molecule has 146 valence electrons. The third-order valence-corrected chi connectivity index (χ3v) is 5.73. The molecule has 1 N–H and O–H groups in total. The Balaban J connectivity index is 2.10. The zero-order valence-corrected chi connectivity index (χ0v) is 17.2. The van der Waals surface area contributed by atoms with Gasteiger partial charge in [-0.3, -0.25) is 9.10 Å². The van der Waals surface area contributed by atoms with E-state index >= 15 is 0 Å². The van der Waals surface area contributed by atoms with Gasteiger partial charge in [-0.25, -0.2) is 8.42 Å². The van der Waals surface area contributed by atoms with Gasteiger partial charge in [0.25, 0.3) is 0 Å². The lowest BCUT2D eigenvalue weighted by atomic mass is 10.1. The molecule has 0 aromatic heterocycles. The minimum Gasteiger partial charge on any atom is -0.348 e. The minimum atomic E-state index is -3.57. The molecule has 0 radical (unpaired) electrons. The molecule has 0 aliphatic carbocycles. The van der Waals surface area contributed by atoms with E-state index in [4.69, 9.17) is 0 Å². The van der Waals surface area contributed by atoms with Gasteiger partial charge in [0.1, 0.15) is 6.54 Å². The molecule has 0 fully saturated rings. The average Bonchev–Trinajstić information content (AvgIpc) is 2.65. The van der Waals surface area contributed by atoms with Crippen LogP contribution in [0.2, 0.25) is 0 Å². The Bertz CT molecular complexity index is 859. The van der Waals surface area contributed by atoms with E-state index in [1.165, 1.54) is 5.56 Å². The normalized spacial score (nSPS) is 12.4. The number of amides is 1. The lowest BCUT2D eigenvalue weighted by molar-refractivity contribution is -0.120. The third-order valence-electron chi connectivity index (χ3n) is 4.59. The Hall–Kier alpha value is -2.34. The summed E-state index contributed by atoms with van der Waals surface area (Å²) in [4.78, 5) is 12.5. The molecular formula is C21H28N2O3S. The van der Waals surface area contributed by atoms with E-state index < -0.39 is 10.0 Å². The molecule has 6 heteroatoms. The van der Waals surface area contributed by atoms with Crippen LogP contribution in [0.4, 0.5) is 5.69 Å². The van der Waals surface area contributed by atoms with Crippen LogP contribution in [0.3, 0.4) is 0 Å². The van der Waals surface area contributed by atoms with Gasteiger partial charge in [0, 0.05) is 0 Å². The summed E-state index contributed by atoms with van der Waals surface area (Å²) in [6, 6.07) is 15.1. The van der Waals surface area contributed by atoms with Crippen molar-refractivity contribution in [2.24, 2.45) is 0 Å². The fourth-order valence-electron chi connectivity index (χ4n) is 2.84. The zero-order valence-electron chi connectivity index (χ0n) is 16.4. The first kappa shape index (κ1) is 21.0. The van der Waals surface area contributed by atoms with Crippen molar-refractivity contribution in [3.05, 3.63) is 65.2 Å². The van der Waals surface area contributed by atoms with Gasteiger partial charge in [-0.05, 0) is 48.6 Å². The van der Waals surface area contributed by atoms with Crippen molar-refractivity contribution in [3.63, 3.8) is 0 Å². The van der Waals surface area contributed by atoms with Crippen molar-refractivity contribution in [1.82, 2.24) is 5.32 Å². The van der Waals surface area contributed by atoms with Crippen molar-refractivity contribution in [2.75, 3.05) is 17.1 Å². The van der Waals surface area contributed by atoms with Gasteiger partial charge in [0.2, 0.25) is 15.9 Å². The summed E-state index contributed by atoms with van der Waals surface area (Å²) in [5.41, 5.74) is 3.82. The standard InChI is InChI=1S/C21H28N2O3S/c1-5-17-7-11-19(12-8-17)16(3)22-21(24)15-23(27(4,25)26)20-13-9-18(6-2)10-14-20/h7-14,16H,5-6,15H2,1-4H3,(H,22,24)/t16-/m0/s1. The first-order chi connectivity index (χ1) is 12.7. The van der Waals surface area contributed by atoms with Crippen molar-refractivity contribution in [3.8, 4) is 0 Å². The predicted octanol–water partition coefficient (Wildman–Crippen LogP) is 3.45. The highest BCUT2D eigenvalue weighted by atomic mass is 32.2.